The molecule has 74 valence electrons. The van der Waals surface area contributed by atoms with E-state index in [4.69, 9.17) is 5.11 Å². The van der Waals surface area contributed by atoms with Crippen molar-refractivity contribution < 1.29 is 9.90 Å². The molecular weight excluding hydrogens is 188 g/mol. The van der Waals surface area contributed by atoms with Gasteiger partial charge in [-0.25, -0.2) is 0 Å². The van der Waals surface area contributed by atoms with Gasteiger partial charge in [0, 0.05) is 18.8 Å². The van der Waals surface area contributed by atoms with E-state index in [0.717, 1.165) is 19.5 Å². The number of nitrogens with zero attached hydrogens (tertiary/aromatic N) is 1. The number of aliphatic carboxylic acids is 1. The molecule has 4 nitrogen and oxygen atoms in total. The lowest BCUT2D eigenvalue weighted by molar-refractivity contribution is -0.138. The second-order valence-electron chi connectivity index (χ2n) is 3.83. The number of rotatable bonds is 1. The molecule has 0 bridgehead atoms. The molecule has 2 saturated heterocycles. The van der Waals surface area contributed by atoms with E-state index < -0.39 is 5.97 Å². The molecule has 5 heteroatoms. The number of carboxylic acid groups (broad SMARTS) is 1. The Morgan fingerprint density at radius 3 is 3.00 bits per heavy atom. The van der Waals surface area contributed by atoms with Gasteiger partial charge in [0.2, 0.25) is 0 Å². The van der Waals surface area contributed by atoms with E-state index in [-0.39, 0.29) is 10.9 Å². The first-order valence-electron chi connectivity index (χ1n) is 4.44. The summed E-state index contributed by atoms with van der Waals surface area (Å²) in [5.74, 6) is -0.0256. The maximum Gasteiger partial charge on any atom is 0.321 e. The van der Waals surface area contributed by atoms with Crippen LogP contribution in [0.1, 0.15) is 6.42 Å². The van der Waals surface area contributed by atoms with Gasteiger partial charge in [0.05, 0.1) is 4.87 Å². The van der Waals surface area contributed by atoms with Gasteiger partial charge < -0.3 is 10.0 Å². The Morgan fingerprint density at radius 1 is 1.77 bits per heavy atom. The molecule has 0 aliphatic carbocycles. The molecule has 2 fully saturated rings. The summed E-state index contributed by atoms with van der Waals surface area (Å²) in [6.07, 6.45) is 1.05. The minimum absolute atomic E-state index is 0.0256. The highest BCUT2D eigenvalue weighted by molar-refractivity contribution is 8.01. The monoisotopic (exact) mass is 202 g/mol. The minimum atomic E-state index is -0.723. The van der Waals surface area contributed by atoms with E-state index in [1.165, 1.54) is 0 Å². The third-order valence-electron chi connectivity index (χ3n) is 2.68. The highest BCUT2D eigenvalue weighted by atomic mass is 32.2. The zero-order valence-corrected chi connectivity index (χ0v) is 8.43. The molecule has 0 aromatic carbocycles. The molecule has 0 aromatic rings. The molecule has 0 amide bonds. The molecule has 1 spiro atoms. The van der Waals surface area contributed by atoms with Gasteiger partial charge in [-0.3, -0.25) is 10.1 Å². The number of likely N-dealkylation sites (N-methyl/N-ethyl adjacent to an activating group) is 1. The van der Waals surface area contributed by atoms with Gasteiger partial charge in [-0.05, 0) is 13.5 Å². The van der Waals surface area contributed by atoms with E-state index in [1.54, 1.807) is 11.8 Å². The lowest BCUT2D eigenvalue weighted by atomic mass is 10.2. The first kappa shape index (κ1) is 9.30. The van der Waals surface area contributed by atoms with Gasteiger partial charge in [0.15, 0.2) is 0 Å². The number of carboxylic acids is 1. The van der Waals surface area contributed by atoms with E-state index in [2.05, 4.69) is 17.3 Å². The maximum absolute atomic E-state index is 10.7. The van der Waals surface area contributed by atoms with Crippen LogP contribution in [0.5, 0.6) is 0 Å². The number of likely N-dealkylation sites (tertiary alicyclic amines) is 1. The van der Waals surface area contributed by atoms with E-state index in [0.29, 0.717) is 5.75 Å². The Morgan fingerprint density at radius 2 is 2.54 bits per heavy atom. The van der Waals surface area contributed by atoms with Gasteiger partial charge in [-0.15, -0.1) is 11.8 Å². The van der Waals surface area contributed by atoms with Crippen molar-refractivity contribution in [2.45, 2.75) is 17.3 Å². The lowest BCUT2D eigenvalue weighted by Crippen LogP contribution is -2.46. The topological polar surface area (TPSA) is 52.6 Å². The number of nitrogens with one attached hydrogen (secondary N) is 1. The Balaban J connectivity index is 2.01. The number of hydrogen-bond donors (Lipinski definition) is 2. The Kier molecular flexibility index (Phi) is 2.25. The average molecular weight is 202 g/mol. The van der Waals surface area contributed by atoms with Crippen LogP contribution in [0, 0.1) is 0 Å². The Hall–Kier alpha value is -0.260. The highest BCUT2D eigenvalue weighted by Crippen LogP contribution is 2.37. The maximum atomic E-state index is 10.7. The zero-order chi connectivity index (χ0) is 9.47. The van der Waals surface area contributed by atoms with Gasteiger partial charge in [0.25, 0.3) is 0 Å². The summed E-state index contributed by atoms with van der Waals surface area (Å²) in [6, 6.07) is -0.350. The molecule has 0 saturated carbocycles. The largest absolute Gasteiger partial charge is 0.480 e. The third kappa shape index (κ3) is 1.68. The summed E-state index contributed by atoms with van der Waals surface area (Å²) < 4.78 is 0. The van der Waals surface area contributed by atoms with Crippen LogP contribution in [-0.4, -0.2) is 52.8 Å². The second kappa shape index (κ2) is 3.15. The first-order chi connectivity index (χ1) is 6.11. The number of hydrogen-bond acceptors (Lipinski definition) is 4. The molecule has 2 atom stereocenters. The second-order valence-corrected chi connectivity index (χ2v) is 5.23. The smallest absolute Gasteiger partial charge is 0.321 e. The normalized spacial score (nSPS) is 40.2. The molecule has 2 aliphatic heterocycles. The SMILES string of the molecule is CN1CCC2(C1)N[C@@H](C(=O)O)CS2. The van der Waals surface area contributed by atoms with Crippen LogP contribution in [0.15, 0.2) is 0 Å². The van der Waals surface area contributed by atoms with E-state index in [9.17, 15) is 4.79 Å². The van der Waals surface area contributed by atoms with Gasteiger partial charge in [-0.1, -0.05) is 0 Å². The summed E-state index contributed by atoms with van der Waals surface area (Å²) >= 11 is 1.76. The summed E-state index contributed by atoms with van der Waals surface area (Å²) in [6.45, 7) is 2.02. The number of thioether (sulfide) groups is 1. The quantitative estimate of drug-likeness (QED) is 0.617. The molecule has 2 heterocycles. The van der Waals surface area contributed by atoms with E-state index in [1.807, 2.05) is 0 Å². The fourth-order valence-electron chi connectivity index (χ4n) is 1.98. The summed E-state index contributed by atoms with van der Waals surface area (Å²) in [7, 11) is 2.07. The number of carbonyl (C=O) groups is 1. The predicted octanol–water partition coefficient (Wildman–Crippen LogP) is -0.192. The van der Waals surface area contributed by atoms with Gasteiger partial charge >= 0.3 is 5.97 Å². The molecule has 2 aliphatic rings. The van der Waals surface area contributed by atoms with Crippen LogP contribution in [0.2, 0.25) is 0 Å². The van der Waals surface area contributed by atoms with E-state index >= 15 is 0 Å². The van der Waals surface area contributed by atoms with Crippen molar-refractivity contribution in [1.82, 2.24) is 10.2 Å². The van der Waals surface area contributed by atoms with Crippen LogP contribution in [0.4, 0.5) is 0 Å². The van der Waals surface area contributed by atoms with Crippen LogP contribution in [0.3, 0.4) is 0 Å². The van der Waals surface area contributed by atoms with Crippen LogP contribution >= 0.6 is 11.8 Å². The van der Waals surface area contributed by atoms with Crippen molar-refractivity contribution in [3.8, 4) is 0 Å². The van der Waals surface area contributed by atoms with Gasteiger partial charge in [-0.2, -0.15) is 0 Å². The minimum Gasteiger partial charge on any atom is -0.480 e. The van der Waals surface area contributed by atoms with Crippen molar-refractivity contribution in [1.29, 1.82) is 0 Å². The average Bonchev–Trinajstić information content (AvgIpc) is 2.61. The standard InChI is InChI=1S/C8H14N2O2S/c1-10-3-2-8(5-10)9-6(4-13-8)7(11)12/h6,9H,2-5H2,1H3,(H,11,12)/t6-,8?/m1/s1. The van der Waals surface area contributed by atoms with Crippen molar-refractivity contribution in [3.05, 3.63) is 0 Å². The molecule has 0 aromatic heterocycles. The summed E-state index contributed by atoms with van der Waals surface area (Å²) in [5.41, 5.74) is 0. The van der Waals surface area contributed by atoms with Crippen LogP contribution < -0.4 is 5.32 Å². The van der Waals surface area contributed by atoms with Crippen LogP contribution in [0.25, 0.3) is 0 Å². The summed E-state index contributed by atoms with van der Waals surface area (Å²) in [4.78, 5) is 13.0. The van der Waals surface area contributed by atoms with Crippen LogP contribution in [-0.2, 0) is 4.79 Å². The summed E-state index contributed by atoms with van der Waals surface area (Å²) in [5, 5.41) is 12.1. The molecule has 2 rings (SSSR count). The van der Waals surface area contributed by atoms with Crippen molar-refractivity contribution >= 4 is 17.7 Å². The zero-order valence-electron chi connectivity index (χ0n) is 7.62. The van der Waals surface area contributed by atoms with Crippen molar-refractivity contribution in [3.63, 3.8) is 0 Å². The fourth-order valence-corrected chi connectivity index (χ4v) is 3.46. The molecule has 0 radical (unpaired) electrons. The Bertz CT molecular complexity index is 236. The first-order valence-corrected chi connectivity index (χ1v) is 5.43. The highest BCUT2D eigenvalue weighted by Gasteiger charge is 2.45. The van der Waals surface area contributed by atoms with Crippen molar-refractivity contribution in [2.24, 2.45) is 0 Å². The third-order valence-corrected chi connectivity index (χ3v) is 4.19. The molecular formula is C8H14N2O2S. The molecule has 13 heavy (non-hydrogen) atoms. The molecule has 1 unspecified atom stereocenters. The molecule has 2 N–H and O–H groups in total. The Labute approximate surface area is 81.7 Å². The lowest BCUT2D eigenvalue weighted by Gasteiger charge is -2.22. The van der Waals surface area contributed by atoms with Crippen molar-refractivity contribution in [2.75, 3.05) is 25.9 Å². The fraction of sp³-hybridized carbons (Fsp3) is 0.875. The van der Waals surface area contributed by atoms with Gasteiger partial charge in [0.1, 0.15) is 6.04 Å². The predicted molar refractivity (Wildman–Crippen MR) is 51.9 cm³/mol.